The third-order valence-corrected chi connectivity index (χ3v) is 2.85. The standard InChI is InChI=1S/C14H11N4/c1-10-6-8-11(9-7-10)12-4-2-3-5-13(12)14-15-17-18-16-14/h2-9H,1H3/q+1. The van der Waals surface area contributed by atoms with Crippen LogP contribution in [0.3, 0.4) is 0 Å². The maximum atomic E-state index is 3.92. The van der Waals surface area contributed by atoms with Crippen molar-refractivity contribution < 1.29 is 4.79 Å². The molecule has 0 amide bonds. The van der Waals surface area contributed by atoms with Gasteiger partial charge < -0.3 is 0 Å². The zero-order chi connectivity index (χ0) is 12.4. The second-order valence-electron chi connectivity index (χ2n) is 4.11. The van der Waals surface area contributed by atoms with E-state index in [1.165, 1.54) is 5.56 Å². The topological polar surface area (TPSA) is 51.2 Å². The summed E-state index contributed by atoms with van der Waals surface area (Å²) in [6.45, 7) is 2.07. The molecule has 0 fully saturated rings. The number of rotatable bonds is 2. The van der Waals surface area contributed by atoms with Gasteiger partial charge in [-0.15, -0.1) is 0 Å². The smallest absolute Gasteiger partial charge is 0.0995 e. The number of hydrogen-bond donors (Lipinski definition) is 0. The second-order valence-corrected chi connectivity index (χ2v) is 4.11. The first kappa shape index (κ1) is 10.6. The summed E-state index contributed by atoms with van der Waals surface area (Å²) in [7, 11) is 0. The lowest BCUT2D eigenvalue weighted by Gasteiger charge is -2.04. The highest BCUT2D eigenvalue weighted by Gasteiger charge is 2.21. The number of nitrogens with zero attached hydrogens (tertiary/aromatic N) is 4. The predicted molar refractivity (Wildman–Crippen MR) is 68.3 cm³/mol. The van der Waals surface area contributed by atoms with Crippen molar-refractivity contribution in [3.8, 4) is 11.1 Å². The van der Waals surface area contributed by atoms with Crippen molar-refractivity contribution >= 4 is 5.84 Å². The molecule has 0 saturated heterocycles. The number of hydrogen-bond acceptors (Lipinski definition) is 3. The van der Waals surface area contributed by atoms with E-state index in [-0.39, 0.29) is 0 Å². The molecule has 0 aromatic heterocycles. The maximum absolute atomic E-state index is 3.92. The minimum atomic E-state index is 0.561. The van der Waals surface area contributed by atoms with Crippen molar-refractivity contribution in [2.24, 2.45) is 15.6 Å². The van der Waals surface area contributed by atoms with E-state index in [2.05, 4.69) is 57.6 Å². The lowest BCUT2D eigenvalue weighted by atomic mass is 9.98. The molecule has 2 aromatic rings. The van der Waals surface area contributed by atoms with Gasteiger partial charge in [0, 0.05) is 0 Å². The number of amidine groups is 1. The minimum absolute atomic E-state index is 0.561. The van der Waals surface area contributed by atoms with Crippen LogP contribution in [0.15, 0.2) is 64.1 Å². The van der Waals surface area contributed by atoms with Crippen LogP contribution < -0.4 is 0 Å². The van der Waals surface area contributed by atoms with Crippen LogP contribution in [0.1, 0.15) is 11.1 Å². The van der Waals surface area contributed by atoms with Gasteiger partial charge in [0.2, 0.25) is 10.4 Å². The summed E-state index contributed by atoms with van der Waals surface area (Å²) in [4.78, 5) is 3.92. The molecular formula is C14H11N4+. The normalized spacial score (nSPS) is 12.8. The van der Waals surface area contributed by atoms with Gasteiger partial charge in [0.15, 0.2) is 0 Å². The Hall–Kier alpha value is -2.58. The molecule has 3 rings (SSSR count). The largest absolute Gasteiger partial charge is 0.428 e. The average Bonchev–Trinajstić information content (AvgIpc) is 2.93. The summed E-state index contributed by atoms with van der Waals surface area (Å²) in [6.07, 6.45) is 0. The van der Waals surface area contributed by atoms with Gasteiger partial charge in [0.05, 0.1) is 5.56 Å². The van der Waals surface area contributed by atoms with Crippen molar-refractivity contribution in [1.82, 2.24) is 0 Å². The van der Waals surface area contributed by atoms with Gasteiger partial charge in [-0.2, -0.15) is 0 Å². The van der Waals surface area contributed by atoms with E-state index < -0.39 is 0 Å². The van der Waals surface area contributed by atoms with Crippen molar-refractivity contribution in [2.75, 3.05) is 0 Å². The predicted octanol–water partition coefficient (Wildman–Crippen LogP) is 3.45. The van der Waals surface area contributed by atoms with E-state index in [0.29, 0.717) is 5.84 Å². The molecule has 1 aliphatic heterocycles. The van der Waals surface area contributed by atoms with Crippen LogP contribution in [-0.2, 0) is 0 Å². The van der Waals surface area contributed by atoms with Crippen LogP contribution in [0.5, 0.6) is 0 Å². The molecule has 86 valence electrons. The highest BCUT2D eigenvalue weighted by Crippen LogP contribution is 2.24. The quantitative estimate of drug-likeness (QED) is 0.716. The number of benzene rings is 2. The van der Waals surface area contributed by atoms with Crippen LogP contribution >= 0.6 is 0 Å². The molecule has 0 radical (unpaired) electrons. The Morgan fingerprint density at radius 2 is 1.61 bits per heavy atom. The van der Waals surface area contributed by atoms with E-state index in [1.54, 1.807) is 0 Å². The van der Waals surface area contributed by atoms with Crippen molar-refractivity contribution in [2.45, 2.75) is 6.92 Å². The summed E-state index contributed by atoms with van der Waals surface area (Å²) in [5.74, 6) is 0.561. The van der Waals surface area contributed by atoms with Gasteiger partial charge >= 0.3 is 5.84 Å². The Morgan fingerprint density at radius 1 is 0.889 bits per heavy atom. The average molecular weight is 235 g/mol. The highest BCUT2D eigenvalue weighted by molar-refractivity contribution is 6.01. The lowest BCUT2D eigenvalue weighted by molar-refractivity contribution is -0.0821. The Kier molecular flexibility index (Phi) is 2.56. The zero-order valence-electron chi connectivity index (χ0n) is 9.91. The van der Waals surface area contributed by atoms with Crippen LogP contribution in [0.25, 0.3) is 11.1 Å². The van der Waals surface area contributed by atoms with E-state index in [4.69, 9.17) is 0 Å². The molecule has 0 bridgehead atoms. The molecule has 0 aliphatic carbocycles. The van der Waals surface area contributed by atoms with Crippen LogP contribution in [0.2, 0.25) is 0 Å². The molecule has 0 saturated carbocycles. The molecule has 0 unspecified atom stereocenters. The summed E-state index contributed by atoms with van der Waals surface area (Å²) in [5.41, 5.74) is 4.42. The molecule has 0 spiro atoms. The lowest BCUT2D eigenvalue weighted by Crippen LogP contribution is -1.98. The Morgan fingerprint density at radius 3 is 2.28 bits per heavy atom. The Balaban J connectivity index is 2.15. The maximum Gasteiger partial charge on any atom is 0.428 e. The fraction of sp³-hybridized carbons (Fsp3) is 0.0714. The summed E-state index contributed by atoms with van der Waals surface area (Å²) >= 11 is 0. The number of aryl methyl sites for hydroxylation is 1. The molecule has 4 heteroatoms. The van der Waals surface area contributed by atoms with Gasteiger partial charge in [-0.25, -0.2) is 0 Å². The first-order chi connectivity index (χ1) is 8.84. The minimum Gasteiger partial charge on any atom is -0.0995 e. The fourth-order valence-corrected chi connectivity index (χ4v) is 1.92. The molecule has 1 heterocycles. The Bertz CT molecular complexity index is 677. The highest BCUT2D eigenvalue weighted by atomic mass is 15.5. The van der Waals surface area contributed by atoms with E-state index in [0.717, 1.165) is 16.7 Å². The first-order valence-electron chi connectivity index (χ1n) is 5.70. The van der Waals surface area contributed by atoms with Gasteiger partial charge in [0.25, 0.3) is 0 Å². The van der Waals surface area contributed by atoms with Gasteiger partial charge in [-0.05, 0) is 24.1 Å². The summed E-state index contributed by atoms with van der Waals surface area (Å²) in [5, 5.41) is 11.0. The molecule has 0 atom stereocenters. The molecule has 1 aliphatic rings. The van der Waals surface area contributed by atoms with Crippen LogP contribution in [0.4, 0.5) is 0 Å². The monoisotopic (exact) mass is 235 g/mol. The summed E-state index contributed by atoms with van der Waals surface area (Å²) < 4.78 is 0. The van der Waals surface area contributed by atoms with Crippen molar-refractivity contribution in [3.05, 3.63) is 59.7 Å². The molecule has 0 N–H and O–H groups in total. The van der Waals surface area contributed by atoms with Gasteiger partial charge in [-0.1, -0.05) is 52.8 Å². The Labute approximate surface area is 104 Å². The molecular weight excluding hydrogens is 224 g/mol. The van der Waals surface area contributed by atoms with E-state index >= 15 is 0 Å². The van der Waals surface area contributed by atoms with Gasteiger partial charge in [-0.3, -0.25) is 0 Å². The SMILES string of the molecule is Cc1ccc(-c2ccccc2C2=[N+]=NN=N2)cc1. The van der Waals surface area contributed by atoms with Crippen LogP contribution in [0, 0.1) is 6.92 Å². The molecule has 18 heavy (non-hydrogen) atoms. The second kappa shape index (κ2) is 4.35. The third-order valence-electron chi connectivity index (χ3n) is 2.85. The first-order valence-corrected chi connectivity index (χ1v) is 5.70. The van der Waals surface area contributed by atoms with Crippen molar-refractivity contribution in [3.63, 3.8) is 0 Å². The fourth-order valence-electron chi connectivity index (χ4n) is 1.92. The molecule has 4 nitrogen and oxygen atoms in total. The van der Waals surface area contributed by atoms with E-state index in [9.17, 15) is 0 Å². The molecule has 2 aromatic carbocycles. The van der Waals surface area contributed by atoms with Gasteiger partial charge in [0.1, 0.15) is 5.11 Å². The van der Waals surface area contributed by atoms with E-state index in [1.807, 2.05) is 18.2 Å². The van der Waals surface area contributed by atoms with Crippen LogP contribution in [-0.4, -0.2) is 10.6 Å². The zero-order valence-corrected chi connectivity index (χ0v) is 9.91. The third kappa shape index (κ3) is 1.85. The summed E-state index contributed by atoms with van der Waals surface area (Å²) in [6, 6.07) is 16.4. The van der Waals surface area contributed by atoms with Crippen molar-refractivity contribution in [1.29, 1.82) is 0 Å².